The lowest BCUT2D eigenvalue weighted by Crippen LogP contribution is -2.61. The summed E-state index contributed by atoms with van der Waals surface area (Å²) in [4.78, 5) is 125. The van der Waals surface area contributed by atoms with Crippen LogP contribution in [0.15, 0.2) is 72.0 Å². The smallest absolute Gasteiger partial charge is 0.329 e. The number of imide groups is 2. The van der Waals surface area contributed by atoms with Crippen molar-refractivity contribution in [2.75, 3.05) is 79.4 Å². The van der Waals surface area contributed by atoms with Crippen LogP contribution in [0.4, 0.5) is 5.69 Å². The first kappa shape index (κ1) is 80.6. The average molecular weight is 1430 g/mol. The van der Waals surface area contributed by atoms with Crippen LogP contribution in [0.5, 0.6) is 0 Å². The number of aromatic nitrogens is 3. The molecule has 0 radical (unpaired) electrons. The number of ketones is 3. The van der Waals surface area contributed by atoms with Crippen molar-refractivity contribution in [2.24, 2.45) is 35.5 Å². The van der Waals surface area contributed by atoms with Gasteiger partial charge < -0.3 is 63.1 Å². The van der Waals surface area contributed by atoms with Gasteiger partial charge in [-0.2, -0.15) is 0 Å². The predicted octanol–water partition coefficient (Wildman–Crippen LogP) is 6.56. The second kappa shape index (κ2) is 38.6. The van der Waals surface area contributed by atoms with Crippen molar-refractivity contribution < 1.29 is 96.0 Å². The highest BCUT2D eigenvalue weighted by molar-refractivity contribution is 6.39. The molecule has 6 heterocycles. The van der Waals surface area contributed by atoms with Crippen LogP contribution in [0.1, 0.15) is 165 Å². The Morgan fingerprint density at radius 3 is 2.28 bits per heavy atom. The van der Waals surface area contributed by atoms with Gasteiger partial charge in [0.15, 0.2) is 5.78 Å². The minimum Gasteiger partial charge on any atom is -0.460 e. The molecule has 6 aliphatic rings. The third kappa shape index (κ3) is 21.1. The highest BCUT2D eigenvalue weighted by Crippen LogP contribution is 2.39. The minimum atomic E-state index is -2.47. The molecular weight excluding hydrogens is 1320 g/mol. The molecule has 2 bridgehead atoms. The first-order valence-electron chi connectivity index (χ1n) is 36.2. The number of hydrogen-bond acceptors (Lipinski definition) is 23. The number of cyclic esters (lactones) is 1. The van der Waals surface area contributed by atoms with Gasteiger partial charge in [0, 0.05) is 77.1 Å². The van der Waals surface area contributed by atoms with Gasteiger partial charge in [0.1, 0.15) is 41.9 Å². The van der Waals surface area contributed by atoms with Crippen LogP contribution in [-0.4, -0.2) is 223 Å². The monoisotopic (exact) mass is 1430 g/mol. The summed E-state index contributed by atoms with van der Waals surface area (Å²) in [5.41, 5.74) is 2.65. The Morgan fingerprint density at radius 2 is 1.54 bits per heavy atom. The molecule has 3 saturated heterocycles. The number of benzene rings is 1. The van der Waals surface area contributed by atoms with Crippen LogP contribution in [-0.2, 0) is 89.3 Å². The van der Waals surface area contributed by atoms with E-state index >= 15 is 0 Å². The van der Waals surface area contributed by atoms with Crippen LogP contribution in [0, 0.1) is 35.5 Å². The van der Waals surface area contributed by atoms with Gasteiger partial charge in [0.2, 0.25) is 17.6 Å². The van der Waals surface area contributed by atoms with Crippen LogP contribution < -0.4 is 10.6 Å². The van der Waals surface area contributed by atoms with Crippen molar-refractivity contribution in [2.45, 2.75) is 212 Å². The van der Waals surface area contributed by atoms with E-state index in [1.165, 1.54) is 18.1 Å². The number of nitrogens with zero attached hydrogens (tertiary/aromatic N) is 5. The number of piperidine rings is 2. The summed E-state index contributed by atoms with van der Waals surface area (Å²) in [6, 6.07) is 2.62. The number of anilines is 1. The Morgan fingerprint density at radius 1 is 0.775 bits per heavy atom. The lowest BCUT2D eigenvalue weighted by Gasteiger charge is -2.42. The highest BCUT2D eigenvalue weighted by atomic mass is 16.6. The van der Waals surface area contributed by atoms with E-state index in [-0.39, 0.29) is 105 Å². The Labute approximate surface area is 598 Å². The molecule has 562 valence electrons. The minimum absolute atomic E-state index is 0.0115. The van der Waals surface area contributed by atoms with Crippen LogP contribution in [0.2, 0.25) is 0 Å². The fraction of sp³-hybridized carbons (Fsp3) is 0.667. The number of nitrogens with one attached hydrogen (secondary N) is 2. The Kier molecular flexibility index (Phi) is 30.5. The number of aliphatic hydroxyl groups is 2. The molecule has 8 rings (SSSR count). The molecule has 4 unspecified atom stereocenters. The van der Waals surface area contributed by atoms with E-state index in [4.69, 9.17) is 42.6 Å². The summed E-state index contributed by atoms with van der Waals surface area (Å²) in [5, 5.41) is 37.5. The fourth-order valence-corrected chi connectivity index (χ4v) is 14.6. The quantitative estimate of drug-likeness (QED) is 0.0301. The molecule has 27 heteroatoms. The lowest BCUT2D eigenvalue weighted by molar-refractivity contribution is -0.265. The highest BCUT2D eigenvalue weighted by Gasteiger charge is 2.53. The van der Waals surface area contributed by atoms with E-state index in [1.807, 2.05) is 58.1 Å². The molecule has 1 aliphatic carbocycles. The molecule has 4 fully saturated rings. The number of carbonyl (C=O) groups excluding carboxylic acids is 9. The van der Waals surface area contributed by atoms with Crippen LogP contribution in [0.3, 0.4) is 0 Å². The first-order valence-corrected chi connectivity index (χ1v) is 36.2. The number of aliphatic hydroxyl groups excluding tert-OH is 1. The molecule has 16 atom stereocenters. The maximum absolute atomic E-state index is 14.7. The van der Waals surface area contributed by atoms with Crippen LogP contribution in [0.25, 0.3) is 0 Å². The van der Waals surface area contributed by atoms with E-state index in [1.54, 1.807) is 64.1 Å². The van der Waals surface area contributed by atoms with Crippen molar-refractivity contribution >= 4 is 58.5 Å². The average Bonchev–Trinajstić information content (AvgIpc) is 1.55. The fourth-order valence-electron chi connectivity index (χ4n) is 14.6. The van der Waals surface area contributed by atoms with Gasteiger partial charge in [-0.05, 0) is 126 Å². The molecule has 102 heavy (non-hydrogen) atoms. The van der Waals surface area contributed by atoms with Gasteiger partial charge in [0.05, 0.1) is 94.5 Å². The maximum Gasteiger partial charge on any atom is 0.329 e. The van der Waals surface area contributed by atoms with E-state index in [9.17, 15) is 53.4 Å². The third-order valence-electron chi connectivity index (χ3n) is 20.7. The van der Waals surface area contributed by atoms with Crippen molar-refractivity contribution in [3.05, 3.63) is 88.8 Å². The Bertz CT molecular complexity index is 3370. The zero-order chi connectivity index (χ0) is 73.8. The number of methoxy groups -OCH3 is 3. The molecule has 2 aromatic rings. The predicted molar refractivity (Wildman–Crippen MR) is 372 cm³/mol. The number of rotatable bonds is 23. The number of allylic oxidation sites excluding steroid dienone is 6. The van der Waals surface area contributed by atoms with E-state index in [0.717, 1.165) is 16.9 Å². The van der Waals surface area contributed by atoms with E-state index in [0.29, 0.717) is 108 Å². The van der Waals surface area contributed by atoms with Gasteiger partial charge in [-0.3, -0.25) is 48.6 Å². The van der Waals surface area contributed by atoms with E-state index < -0.39 is 113 Å². The SMILES string of the molecule is COC1C[C@H](C[C@@H](C)[C@@H]2CC(=O)C(C)/C=C(\C)[C@@H](O)[C@@H](OC)C(=O)[C@H](C)C[C@H](C)/C=C/C=C/C=C(\C)[C@@H](OC)C[C@@H]3CC[C@@H](C)[C@](O)(O3)C(=O)C(=O)N3CCCC[C@H]3C(=O)O2)CCC1OCCOCc1cn(CCOCCOCCNc2cccc3c2C(=O)N(C2CCC(=O)NC2=O)C3=O)nn1. The summed E-state index contributed by atoms with van der Waals surface area (Å²) in [7, 11) is 4.58. The number of hydrogen-bond donors (Lipinski definition) is 4. The van der Waals surface area contributed by atoms with Gasteiger partial charge in [-0.1, -0.05) is 82.4 Å². The van der Waals surface area contributed by atoms with Gasteiger partial charge in [-0.25, -0.2) is 9.48 Å². The van der Waals surface area contributed by atoms with Crippen molar-refractivity contribution in [1.29, 1.82) is 0 Å². The molecule has 1 aromatic heterocycles. The zero-order valence-electron chi connectivity index (χ0n) is 60.9. The van der Waals surface area contributed by atoms with E-state index in [2.05, 4.69) is 20.9 Å². The number of carbonyl (C=O) groups is 9. The number of Topliss-reactive ketones (excluding diaryl/α,β-unsaturated/α-hetero) is 3. The van der Waals surface area contributed by atoms with Gasteiger partial charge >= 0.3 is 5.97 Å². The zero-order valence-corrected chi connectivity index (χ0v) is 60.9. The Balaban J connectivity index is 0.818. The molecule has 27 nitrogen and oxygen atoms in total. The summed E-state index contributed by atoms with van der Waals surface area (Å²) < 4.78 is 55.5. The Hall–Kier alpha value is -7.05. The number of esters is 1. The number of ether oxygens (including phenoxy) is 9. The standard InChI is InChI=1S/C75H107N7O20/c1-45-17-12-11-13-18-46(2)61(94-8)41-54-24-22-51(7)75(93,102-54)69(87)73(91)81-29-15-14-21-58(81)74(92)101-62(42-59(83)47(3)38-50(6)67(86)68(96-10)66(85)49(5)37-45)48(4)39-52-23-26-60(63(40-52)95-9)100-36-35-99-44-53-43-80(79-78-53)30-32-98-34-33-97-31-28-76-56-20-16-19-55-65(56)72(90)82(71(55)89)57-25-27-64(84)77-70(57)88/h11-13,16-20,38,43,45,47-49,51-52,54,57-58,60-63,67-68,76,86,93H,14-15,21-37,39-42,44H2,1-10H3,(H,77,84,88)/b13-11+,17-12+,46-18+,50-38+/t45-,47?,48-,49-,51-,52+,54+,57?,58+,60?,61+,62+,63?,67-,68+,75+/m1/s1. The first-order chi connectivity index (χ1) is 48.9. The van der Waals surface area contributed by atoms with Crippen molar-refractivity contribution in [1.82, 2.24) is 30.1 Å². The molecule has 1 saturated carbocycles. The number of amides is 5. The second-order valence-corrected chi connectivity index (χ2v) is 28.3. The molecule has 5 amide bonds. The molecular formula is C75H107N7O20. The number of fused-ring (bicyclic) bond motifs is 4. The lowest BCUT2D eigenvalue weighted by atomic mass is 9.78. The molecule has 1 aromatic carbocycles. The van der Waals surface area contributed by atoms with Gasteiger partial charge in [-0.15, -0.1) is 5.10 Å². The third-order valence-corrected chi connectivity index (χ3v) is 20.7. The largest absolute Gasteiger partial charge is 0.460 e. The summed E-state index contributed by atoms with van der Waals surface area (Å²) in [6.07, 6.45) is 13.1. The van der Waals surface area contributed by atoms with Crippen molar-refractivity contribution in [3.63, 3.8) is 0 Å². The molecule has 0 spiro atoms. The van der Waals surface area contributed by atoms with Crippen LogP contribution >= 0.6 is 0 Å². The summed E-state index contributed by atoms with van der Waals surface area (Å²) in [5.74, 6) is -10.7. The molecule has 5 aliphatic heterocycles. The molecule has 4 N–H and O–H groups in total. The second-order valence-electron chi connectivity index (χ2n) is 28.3. The maximum atomic E-state index is 14.7. The summed E-state index contributed by atoms with van der Waals surface area (Å²) >= 11 is 0. The topological polar surface area (TPSA) is 338 Å². The van der Waals surface area contributed by atoms with Crippen molar-refractivity contribution in [3.8, 4) is 0 Å². The normalized spacial score (nSPS) is 32.2. The summed E-state index contributed by atoms with van der Waals surface area (Å²) in [6.45, 7) is 15.5. The van der Waals surface area contributed by atoms with Gasteiger partial charge in [0.25, 0.3) is 23.5 Å².